The predicted octanol–water partition coefficient (Wildman–Crippen LogP) is 2.77. The Labute approximate surface area is 77.5 Å². The van der Waals surface area contributed by atoms with Crippen molar-refractivity contribution in [3.05, 3.63) is 29.3 Å². The van der Waals surface area contributed by atoms with Gasteiger partial charge in [-0.15, -0.1) is 0 Å². The third-order valence-corrected chi connectivity index (χ3v) is 3.70. The van der Waals surface area contributed by atoms with E-state index < -0.39 is 9.73 Å². The summed E-state index contributed by atoms with van der Waals surface area (Å²) in [7, 11) is -2.57. The Morgan fingerprint density at radius 3 is 2.33 bits per heavy atom. The summed E-state index contributed by atoms with van der Waals surface area (Å²) in [6.07, 6.45) is 0. The maximum Gasteiger partial charge on any atom is 0.0723 e. The number of nitrogens with one attached hydrogen (secondary N) is 1. The zero-order valence-electron chi connectivity index (χ0n) is 6.71. The lowest BCUT2D eigenvalue weighted by molar-refractivity contribution is 0.675. The van der Waals surface area contributed by atoms with Gasteiger partial charge in [0.05, 0.1) is 9.73 Å². The first-order valence-corrected chi connectivity index (χ1v) is 5.69. The van der Waals surface area contributed by atoms with Gasteiger partial charge in [-0.3, -0.25) is 0 Å². The number of hydrogen-bond acceptors (Lipinski definition) is 2. The number of benzene rings is 1. The Balaban J connectivity index is 3.14. The molecule has 0 aliphatic heterocycles. The molecule has 1 rings (SSSR count). The summed E-state index contributed by atoms with van der Waals surface area (Å²) in [5.41, 5.74) is 0. The highest BCUT2D eigenvalue weighted by Crippen LogP contribution is 2.15. The molecule has 4 heteroatoms. The maximum absolute atomic E-state index is 11.5. The van der Waals surface area contributed by atoms with Crippen LogP contribution in [-0.2, 0) is 9.73 Å². The summed E-state index contributed by atoms with van der Waals surface area (Å²) in [6.45, 7) is 1.74. The van der Waals surface area contributed by atoms with E-state index in [1.54, 1.807) is 31.2 Å². The SMILES string of the molecule is CC[S@](=N)(=O)c1ccc(Cl)cc1. The molecule has 0 saturated carbocycles. The van der Waals surface area contributed by atoms with Gasteiger partial charge < -0.3 is 0 Å². The summed E-state index contributed by atoms with van der Waals surface area (Å²) in [5, 5.41) is 0.602. The molecule has 1 N–H and O–H groups in total. The Morgan fingerprint density at radius 1 is 1.42 bits per heavy atom. The van der Waals surface area contributed by atoms with E-state index in [0.29, 0.717) is 15.7 Å². The van der Waals surface area contributed by atoms with Gasteiger partial charge in [0.2, 0.25) is 0 Å². The minimum atomic E-state index is -2.57. The number of hydrogen-bond donors (Lipinski definition) is 1. The minimum Gasteiger partial charge on any atom is -0.249 e. The van der Waals surface area contributed by atoms with E-state index in [-0.39, 0.29) is 0 Å². The molecule has 0 unspecified atom stereocenters. The highest BCUT2D eigenvalue weighted by molar-refractivity contribution is 7.92. The van der Waals surface area contributed by atoms with Crippen molar-refractivity contribution in [2.75, 3.05) is 5.75 Å². The van der Waals surface area contributed by atoms with E-state index in [1.807, 2.05) is 0 Å². The quantitative estimate of drug-likeness (QED) is 0.789. The van der Waals surface area contributed by atoms with Crippen LogP contribution >= 0.6 is 11.6 Å². The van der Waals surface area contributed by atoms with Crippen LogP contribution < -0.4 is 0 Å². The Morgan fingerprint density at radius 2 is 1.92 bits per heavy atom. The fraction of sp³-hybridized carbons (Fsp3) is 0.250. The lowest BCUT2D eigenvalue weighted by atomic mass is 10.4. The summed E-state index contributed by atoms with van der Waals surface area (Å²) >= 11 is 5.65. The van der Waals surface area contributed by atoms with E-state index in [9.17, 15) is 4.21 Å². The smallest absolute Gasteiger partial charge is 0.0723 e. The van der Waals surface area contributed by atoms with Gasteiger partial charge in [-0.05, 0) is 24.3 Å². The van der Waals surface area contributed by atoms with Crippen LogP contribution in [0.5, 0.6) is 0 Å². The third kappa shape index (κ3) is 1.99. The van der Waals surface area contributed by atoms with Crippen LogP contribution in [0.1, 0.15) is 6.92 Å². The first-order chi connectivity index (χ1) is 5.56. The number of rotatable bonds is 2. The van der Waals surface area contributed by atoms with Crippen LogP contribution in [0.25, 0.3) is 0 Å². The standard InChI is InChI=1S/C8H10ClNOS/c1-2-12(10,11)8-5-3-7(9)4-6-8/h3-6,10H,2H2,1H3/t12-/m0/s1. The van der Waals surface area contributed by atoms with Gasteiger partial charge in [-0.25, -0.2) is 8.99 Å². The van der Waals surface area contributed by atoms with Crippen molar-refractivity contribution in [3.63, 3.8) is 0 Å². The molecule has 0 saturated heterocycles. The Hall–Kier alpha value is -0.540. The third-order valence-electron chi connectivity index (χ3n) is 1.60. The molecule has 0 heterocycles. The second-order valence-corrected chi connectivity index (χ2v) is 5.25. The van der Waals surface area contributed by atoms with E-state index in [1.165, 1.54) is 0 Å². The fourth-order valence-corrected chi connectivity index (χ4v) is 1.86. The first-order valence-electron chi connectivity index (χ1n) is 3.58. The molecule has 0 aliphatic carbocycles. The van der Waals surface area contributed by atoms with Gasteiger partial charge in [0.1, 0.15) is 0 Å². The molecule has 0 amide bonds. The van der Waals surface area contributed by atoms with Crippen LogP contribution in [0, 0.1) is 4.78 Å². The second kappa shape index (κ2) is 3.46. The van der Waals surface area contributed by atoms with Gasteiger partial charge in [-0.1, -0.05) is 18.5 Å². The van der Waals surface area contributed by atoms with E-state index in [4.69, 9.17) is 16.4 Å². The average Bonchev–Trinajstić information content (AvgIpc) is 2.05. The molecular formula is C8H10ClNOS. The summed E-state index contributed by atoms with van der Waals surface area (Å²) in [6, 6.07) is 6.59. The van der Waals surface area contributed by atoms with Crippen molar-refractivity contribution in [2.45, 2.75) is 11.8 Å². The van der Waals surface area contributed by atoms with Crippen LogP contribution in [-0.4, -0.2) is 9.96 Å². The Bertz CT molecular complexity index is 355. The second-order valence-electron chi connectivity index (χ2n) is 2.42. The first kappa shape index (κ1) is 9.55. The predicted molar refractivity (Wildman–Crippen MR) is 51.1 cm³/mol. The molecule has 0 radical (unpaired) electrons. The fourth-order valence-electron chi connectivity index (χ4n) is 0.821. The molecule has 66 valence electrons. The van der Waals surface area contributed by atoms with Crippen LogP contribution in [0.4, 0.5) is 0 Å². The molecule has 0 bridgehead atoms. The number of halogens is 1. The normalized spacial score (nSPS) is 15.5. The summed E-state index contributed by atoms with van der Waals surface area (Å²) < 4.78 is 19.0. The van der Waals surface area contributed by atoms with E-state index in [0.717, 1.165) is 0 Å². The van der Waals surface area contributed by atoms with Crippen molar-refractivity contribution < 1.29 is 4.21 Å². The lowest BCUT2D eigenvalue weighted by Crippen LogP contribution is -2.00. The molecule has 0 fully saturated rings. The highest BCUT2D eigenvalue weighted by atomic mass is 35.5. The zero-order valence-corrected chi connectivity index (χ0v) is 8.28. The molecule has 0 aliphatic rings. The minimum absolute atomic E-state index is 0.342. The Kier molecular flexibility index (Phi) is 2.75. The topological polar surface area (TPSA) is 40.9 Å². The summed E-state index contributed by atoms with van der Waals surface area (Å²) in [5.74, 6) is 0.342. The molecule has 0 spiro atoms. The lowest BCUT2D eigenvalue weighted by Gasteiger charge is -2.03. The van der Waals surface area contributed by atoms with Crippen LogP contribution in [0.2, 0.25) is 5.02 Å². The molecule has 0 aromatic heterocycles. The molecule has 1 aromatic rings. The zero-order chi connectivity index (χ0) is 9.19. The summed E-state index contributed by atoms with van der Waals surface area (Å²) in [4.78, 5) is 0.550. The molecular weight excluding hydrogens is 194 g/mol. The van der Waals surface area contributed by atoms with Crippen molar-refractivity contribution in [2.24, 2.45) is 0 Å². The van der Waals surface area contributed by atoms with Crippen molar-refractivity contribution in [3.8, 4) is 0 Å². The average molecular weight is 204 g/mol. The largest absolute Gasteiger partial charge is 0.249 e. The molecule has 1 aromatic carbocycles. The van der Waals surface area contributed by atoms with Gasteiger partial charge in [0.25, 0.3) is 0 Å². The monoisotopic (exact) mass is 203 g/mol. The molecule has 12 heavy (non-hydrogen) atoms. The van der Waals surface area contributed by atoms with Gasteiger partial charge >= 0.3 is 0 Å². The van der Waals surface area contributed by atoms with Gasteiger partial charge in [-0.2, -0.15) is 0 Å². The maximum atomic E-state index is 11.5. The van der Waals surface area contributed by atoms with Crippen molar-refractivity contribution in [1.29, 1.82) is 4.78 Å². The van der Waals surface area contributed by atoms with Gasteiger partial charge in [0, 0.05) is 15.7 Å². The van der Waals surface area contributed by atoms with E-state index >= 15 is 0 Å². The van der Waals surface area contributed by atoms with E-state index in [2.05, 4.69) is 0 Å². The molecule has 2 nitrogen and oxygen atoms in total. The molecule has 1 atom stereocenters. The van der Waals surface area contributed by atoms with Crippen molar-refractivity contribution in [1.82, 2.24) is 0 Å². The highest BCUT2D eigenvalue weighted by Gasteiger charge is 2.05. The van der Waals surface area contributed by atoms with Crippen LogP contribution in [0.15, 0.2) is 29.2 Å². The van der Waals surface area contributed by atoms with Crippen LogP contribution in [0.3, 0.4) is 0 Å². The van der Waals surface area contributed by atoms with Crippen molar-refractivity contribution >= 4 is 21.3 Å². The van der Waals surface area contributed by atoms with Gasteiger partial charge in [0.15, 0.2) is 0 Å².